The molecule has 1 aliphatic carbocycles. The first-order chi connectivity index (χ1) is 11.8. The molecule has 1 amide bonds. The molecule has 0 bridgehead atoms. The van der Waals surface area contributed by atoms with E-state index >= 15 is 0 Å². The maximum absolute atomic E-state index is 12.7. The SMILES string of the molecule is O=C(CCc1nnc(-c2ccsc2)o1)N1CCC[C@H]2CCCC[C@H]21. The van der Waals surface area contributed by atoms with Crippen LogP contribution in [0, 0.1) is 5.92 Å². The average molecular weight is 345 g/mol. The van der Waals surface area contributed by atoms with E-state index in [0.717, 1.165) is 24.4 Å². The van der Waals surface area contributed by atoms with Crippen LogP contribution >= 0.6 is 11.3 Å². The van der Waals surface area contributed by atoms with Crippen LogP contribution in [-0.4, -0.2) is 33.6 Å². The third-order valence-electron chi connectivity index (χ3n) is 5.35. The summed E-state index contributed by atoms with van der Waals surface area (Å²) in [7, 11) is 0. The van der Waals surface area contributed by atoms with Gasteiger partial charge in [0.25, 0.3) is 0 Å². The van der Waals surface area contributed by atoms with Gasteiger partial charge in [0.1, 0.15) is 0 Å². The molecule has 2 fully saturated rings. The summed E-state index contributed by atoms with van der Waals surface area (Å²) in [5.74, 6) is 2.08. The third kappa shape index (κ3) is 3.24. The van der Waals surface area contributed by atoms with Crippen molar-refractivity contribution in [3.63, 3.8) is 0 Å². The van der Waals surface area contributed by atoms with Gasteiger partial charge in [-0.15, -0.1) is 10.2 Å². The number of nitrogens with zero attached hydrogens (tertiary/aromatic N) is 3. The van der Waals surface area contributed by atoms with E-state index in [-0.39, 0.29) is 5.91 Å². The Balaban J connectivity index is 1.36. The standard InChI is InChI=1S/C18H23N3O2S/c22-17(21-10-3-5-13-4-1-2-6-15(13)21)8-7-16-19-20-18(23-16)14-9-11-24-12-14/h9,11-13,15H,1-8,10H2/t13-,15-/m1/s1. The average Bonchev–Trinajstić information content (AvgIpc) is 3.30. The van der Waals surface area contributed by atoms with Crippen LogP contribution in [0.3, 0.4) is 0 Å². The van der Waals surface area contributed by atoms with Gasteiger partial charge in [0.15, 0.2) is 0 Å². The molecular formula is C18H23N3O2S. The van der Waals surface area contributed by atoms with Crippen molar-refractivity contribution in [2.75, 3.05) is 6.54 Å². The van der Waals surface area contributed by atoms with Crippen molar-refractivity contribution in [1.29, 1.82) is 0 Å². The molecule has 1 saturated carbocycles. The van der Waals surface area contributed by atoms with Crippen LogP contribution in [0.15, 0.2) is 21.2 Å². The number of hydrogen-bond donors (Lipinski definition) is 0. The molecule has 2 aromatic heterocycles. The quantitative estimate of drug-likeness (QED) is 0.843. The lowest BCUT2D eigenvalue weighted by Gasteiger charge is -2.44. The number of aryl methyl sites for hydroxylation is 1. The molecule has 0 N–H and O–H groups in total. The fourth-order valence-electron chi connectivity index (χ4n) is 4.15. The van der Waals surface area contributed by atoms with Gasteiger partial charge in [0.05, 0.1) is 0 Å². The number of carbonyl (C=O) groups excluding carboxylic acids is 1. The van der Waals surface area contributed by atoms with Crippen molar-refractivity contribution in [3.8, 4) is 11.5 Å². The molecule has 3 heterocycles. The predicted octanol–water partition coefficient (Wildman–Crippen LogP) is 3.91. The molecule has 4 rings (SSSR count). The lowest BCUT2D eigenvalue weighted by atomic mass is 9.78. The minimum atomic E-state index is 0.252. The Morgan fingerprint density at radius 3 is 3.00 bits per heavy atom. The molecule has 2 aliphatic rings. The number of aromatic nitrogens is 2. The summed E-state index contributed by atoms with van der Waals surface area (Å²) >= 11 is 1.60. The van der Waals surface area contributed by atoms with E-state index < -0.39 is 0 Å². The summed E-state index contributed by atoms with van der Waals surface area (Å²) in [4.78, 5) is 14.8. The maximum atomic E-state index is 12.7. The van der Waals surface area contributed by atoms with Crippen LogP contribution in [0.1, 0.15) is 50.8 Å². The normalized spacial score (nSPS) is 23.9. The number of thiophene rings is 1. The summed E-state index contributed by atoms with van der Waals surface area (Å²) < 4.78 is 5.69. The number of carbonyl (C=O) groups is 1. The highest BCUT2D eigenvalue weighted by Crippen LogP contribution is 2.35. The van der Waals surface area contributed by atoms with Gasteiger partial charge in [0.2, 0.25) is 17.7 Å². The van der Waals surface area contributed by atoms with Crippen LogP contribution in [0.2, 0.25) is 0 Å². The van der Waals surface area contributed by atoms with E-state index in [1.165, 1.54) is 32.1 Å². The second-order valence-electron chi connectivity index (χ2n) is 6.85. The van der Waals surface area contributed by atoms with Crippen LogP contribution in [0.25, 0.3) is 11.5 Å². The molecular weight excluding hydrogens is 322 g/mol. The minimum Gasteiger partial charge on any atom is -0.421 e. The topological polar surface area (TPSA) is 59.2 Å². The molecule has 2 aromatic rings. The van der Waals surface area contributed by atoms with Crippen molar-refractivity contribution in [2.45, 2.75) is 57.4 Å². The molecule has 6 heteroatoms. The van der Waals surface area contributed by atoms with Gasteiger partial charge in [-0.2, -0.15) is 11.3 Å². The lowest BCUT2D eigenvalue weighted by Crippen LogP contribution is -2.49. The Hall–Kier alpha value is -1.69. The number of likely N-dealkylation sites (tertiary alicyclic amines) is 1. The van der Waals surface area contributed by atoms with E-state index in [9.17, 15) is 4.79 Å². The fraction of sp³-hybridized carbons (Fsp3) is 0.611. The molecule has 5 nitrogen and oxygen atoms in total. The van der Waals surface area contributed by atoms with Crippen molar-refractivity contribution in [3.05, 3.63) is 22.7 Å². The van der Waals surface area contributed by atoms with Gasteiger partial charge in [-0.05, 0) is 43.0 Å². The third-order valence-corrected chi connectivity index (χ3v) is 6.03. The molecule has 128 valence electrons. The number of amides is 1. The second kappa shape index (κ2) is 7.05. The Morgan fingerprint density at radius 1 is 1.25 bits per heavy atom. The largest absolute Gasteiger partial charge is 0.421 e. The van der Waals surface area contributed by atoms with Crippen molar-refractivity contribution >= 4 is 17.2 Å². The zero-order chi connectivity index (χ0) is 16.4. The summed E-state index contributed by atoms with van der Waals surface area (Å²) in [5.41, 5.74) is 0.950. The van der Waals surface area contributed by atoms with E-state index in [1.807, 2.05) is 16.8 Å². The van der Waals surface area contributed by atoms with Crippen LogP contribution < -0.4 is 0 Å². The van der Waals surface area contributed by atoms with Gasteiger partial charge < -0.3 is 9.32 Å². The van der Waals surface area contributed by atoms with Gasteiger partial charge in [-0.1, -0.05) is 12.8 Å². The molecule has 0 spiro atoms. The number of fused-ring (bicyclic) bond motifs is 1. The van der Waals surface area contributed by atoms with Gasteiger partial charge in [-0.25, -0.2) is 0 Å². The fourth-order valence-corrected chi connectivity index (χ4v) is 4.78. The minimum absolute atomic E-state index is 0.252. The van der Waals surface area contributed by atoms with E-state index in [2.05, 4.69) is 15.1 Å². The second-order valence-corrected chi connectivity index (χ2v) is 7.63. The Bertz CT molecular complexity index is 680. The first kappa shape index (κ1) is 15.8. The van der Waals surface area contributed by atoms with Gasteiger partial charge in [0, 0.05) is 36.4 Å². The predicted molar refractivity (Wildman–Crippen MR) is 92.6 cm³/mol. The van der Waals surface area contributed by atoms with Gasteiger partial charge in [-0.3, -0.25) is 4.79 Å². The Morgan fingerprint density at radius 2 is 2.12 bits per heavy atom. The van der Waals surface area contributed by atoms with Crippen molar-refractivity contribution < 1.29 is 9.21 Å². The Kier molecular flexibility index (Phi) is 4.65. The maximum Gasteiger partial charge on any atom is 0.248 e. The summed E-state index contributed by atoms with van der Waals surface area (Å²) in [6, 6.07) is 2.44. The Labute approximate surface area is 146 Å². The molecule has 0 radical (unpaired) electrons. The molecule has 0 unspecified atom stereocenters. The van der Waals surface area contributed by atoms with Crippen molar-refractivity contribution in [1.82, 2.24) is 15.1 Å². The number of hydrogen-bond acceptors (Lipinski definition) is 5. The number of rotatable bonds is 4. The monoisotopic (exact) mass is 345 g/mol. The summed E-state index contributed by atoms with van der Waals surface area (Å²) in [6.07, 6.45) is 8.51. The van der Waals surface area contributed by atoms with E-state index in [1.54, 1.807) is 11.3 Å². The van der Waals surface area contributed by atoms with Crippen LogP contribution in [0.4, 0.5) is 0 Å². The summed E-state index contributed by atoms with van der Waals surface area (Å²) in [5, 5.41) is 12.1. The highest BCUT2D eigenvalue weighted by Gasteiger charge is 2.35. The van der Waals surface area contributed by atoms with Crippen molar-refractivity contribution in [2.24, 2.45) is 5.92 Å². The molecule has 1 saturated heterocycles. The summed E-state index contributed by atoms with van der Waals surface area (Å²) in [6.45, 7) is 0.921. The first-order valence-corrected chi connectivity index (χ1v) is 9.90. The lowest BCUT2D eigenvalue weighted by molar-refractivity contribution is -0.137. The smallest absolute Gasteiger partial charge is 0.248 e. The molecule has 24 heavy (non-hydrogen) atoms. The van der Waals surface area contributed by atoms with Crippen LogP contribution in [0.5, 0.6) is 0 Å². The first-order valence-electron chi connectivity index (χ1n) is 8.95. The van der Waals surface area contributed by atoms with E-state index in [4.69, 9.17) is 4.42 Å². The zero-order valence-electron chi connectivity index (χ0n) is 13.8. The molecule has 0 aromatic carbocycles. The molecule has 1 aliphatic heterocycles. The van der Waals surface area contributed by atoms with Crippen LogP contribution in [-0.2, 0) is 11.2 Å². The number of piperidine rings is 1. The highest BCUT2D eigenvalue weighted by molar-refractivity contribution is 7.08. The van der Waals surface area contributed by atoms with Gasteiger partial charge >= 0.3 is 0 Å². The zero-order valence-corrected chi connectivity index (χ0v) is 14.6. The molecule has 2 atom stereocenters. The van der Waals surface area contributed by atoms with E-state index in [0.29, 0.717) is 30.7 Å². The highest BCUT2D eigenvalue weighted by atomic mass is 32.1.